The van der Waals surface area contributed by atoms with Crippen LogP contribution in [-0.4, -0.2) is 39.5 Å². The van der Waals surface area contributed by atoms with Gasteiger partial charge in [0.05, 0.1) is 26.8 Å². The van der Waals surface area contributed by atoms with Gasteiger partial charge in [-0.15, -0.1) is 0 Å². The molecule has 0 spiro atoms. The molecule has 2 aliphatic rings. The molecule has 2 heterocycles. The highest BCUT2D eigenvalue weighted by Crippen LogP contribution is 2.27. The van der Waals surface area contributed by atoms with Crippen LogP contribution in [-0.2, 0) is 9.47 Å². The molecule has 0 aliphatic carbocycles. The van der Waals surface area contributed by atoms with Crippen molar-refractivity contribution in [3.05, 3.63) is 29.8 Å². The Morgan fingerprint density at radius 3 is 2.60 bits per heavy atom. The first-order valence-electron chi connectivity index (χ1n) is 7.60. The third-order valence-corrected chi connectivity index (χ3v) is 4.21. The number of quaternary nitrogens is 1. The van der Waals surface area contributed by atoms with Crippen molar-refractivity contribution in [2.45, 2.75) is 31.7 Å². The summed E-state index contributed by atoms with van der Waals surface area (Å²) in [6.07, 6.45) is 4.11. The van der Waals surface area contributed by atoms with E-state index >= 15 is 0 Å². The minimum atomic E-state index is -0.213. The first-order valence-corrected chi connectivity index (χ1v) is 7.60. The molecule has 0 bridgehead atoms. The minimum absolute atomic E-state index is 0.213. The maximum Gasteiger partial charge on any atom is 0.184 e. The van der Waals surface area contributed by atoms with E-state index < -0.39 is 0 Å². The number of hydrogen-bond acceptors (Lipinski definition) is 3. The van der Waals surface area contributed by atoms with Gasteiger partial charge < -0.3 is 19.1 Å². The van der Waals surface area contributed by atoms with Crippen molar-refractivity contribution >= 4 is 0 Å². The Balaban J connectivity index is 1.52. The van der Waals surface area contributed by atoms with Crippen molar-refractivity contribution in [3.63, 3.8) is 0 Å². The van der Waals surface area contributed by atoms with Gasteiger partial charge in [-0.05, 0) is 31.4 Å². The maximum atomic E-state index is 6.04. The lowest BCUT2D eigenvalue weighted by atomic mass is 10.1. The summed E-state index contributed by atoms with van der Waals surface area (Å²) in [5.74, 6) is 0.862. The van der Waals surface area contributed by atoms with Crippen LogP contribution >= 0.6 is 0 Å². The zero-order valence-electron chi connectivity index (χ0n) is 12.1. The molecule has 0 aromatic heterocycles. The second kappa shape index (κ2) is 6.57. The molecule has 0 radical (unpaired) electrons. The van der Waals surface area contributed by atoms with Gasteiger partial charge >= 0.3 is 0 Å². The Morgan fingerprint density at radius 1 is 1.15 bits per heavy atom. The topological polar surface area (TPSA) is 32.1 Å². The molecular weight excluding hydrogens is 254 g/mol. The molecule has 20 heavy (non-hydrogen) atoms. The molecule has 2 saturated heterocycles. The molecule has 4 heteroatoms. The van der Waals surface area contributed by atoms with E-state index in [1.165, 1.54) is 32.4 Å². The maximum absolute atomic E-state index is 6.04. The van der Waals surface area contributed by atoms with Crippen molar-refractivity contribution in [1.82, 2.24) is 0 Å². The van der Waals surface area contributed by atoms with Gasteiger partial charge in [-0.2, -0.15) is 0 Å². The summed E-state index contributed by atoms with van der Waals surface area (Å²) in [5.41, 5.74) is 1.07. The highest BCUT2D eigenvalue weighted by Gasteiger charge is 2.30. The third kappa shape index (κ3) is 3.32. The molecule has 4 nitrogen and oxygen atoms in total. The van der Waals surface area contributed by atoms with Crippen LogP contribution in [0.4, 0.5) is 0 Å². The Labute approximate surface area is 120 Å². The Bertz CT molecular complexity index is 414. The van der Waals surface area contributed by atoms with E-state index in [-0.39, 0.29) is 12.4 Å². The number of methoxy groups -OCH3 is 1. The quantitative estimate of drug-likeness (QED) is 0.897. The molecule has 2 aliphatic heterocycles. The van der Waals surface area contributed by atoms with E-state index in [9.17, 15) is 0 Å². The van der Waals surface area contributed by atoms with Crippen LogP contribution in [0.15, 0.2) is 24.3 Å². The average molecular weight is 278 g/mol. The van der Waals surface area contributed by atoms with Gasteiger partial charge in [-0.3, -0.25) is 0 Å². The standard InChI is InChI=1S/C16H23NO3/c1-18-14-7-5-13(6-8-14)16-19-12-15(20-16)11-17-9-3-2-4-10-17/h5-8,15-16H,2-4,9-12H2,1H3/p+1/t15-,16+/m1/s1. The Kier molecular flexibility index (Phi) is 4.55. The molecule has 1 aromatic rings. The Hall–Kier alpha value is -1.10. The minimum Gasteiger partial charge on any atom is -0.497 e. The average Bonchev–Trinajstić information content (AvgIpc) is 2.97. The number of benzene rings is 1. The van der Waals surface area contributed by atoms with E-state index in [1.807, 2.05) is 24.3 Å². The molecule has 0 unspecified atom stereocenters. The largest absolute Gasteiger partial charge is 0.497 e. The van der Waals surface area contributed by atoms with Gasteiger partial charge in [-0.1, -0.05) is 12.1 Å². The van der Waals surface area contributed by atoms with Crippen LogP contribution < -0.4 is 9.64 Å². The Morgan fingerprint density at radius 2 is 1.90 bits per heavy atom. The second-order valence-corrected chi connectivity index (χ2v) is 5.71. The third-order valence-electron chi connectivity index (χ3n) is 4.21. The number of ether oxygens (including phenoxy) is 3. The molecular formula is C16H24NO3+. The molecule has 2 fully saturated rings. The molecule has 110 valence electrons. The number of nitrogens with one attached hydrogen (secondary N) is 1. The molecule has 1 aromatic carbocycles. The van der Waals surface area contributed by atoms with Crippen LogP contribution in [0, 0.1) is 0 Å². The highest BCUT2D eigenvalue weighted by atomic mass is 16.7. The van der Waals surface area contributed by atoms with Crippen molar-refractivity contribution in [2.75, 3.05) is 33.4 Å². The predicted octanol–water partition coefficient (Wildman–Crippen LogP) is 1.18. The molecule has 3 rings (SSSR count). The summed E-state index contributed by atoms with van der Waals surface area (Å²) in [4.78, 5) is 1.67. The molecule has 2 atom stereocenters. The van der Waals surface area contributed by atoms with Crippen molar-refractivity contribution in [1.29, 1.82) is 0 Å². The lowest BCUT2D eigenvalue weighted by Gasteiger charge is -2.25. The SMILES string of the molecule is COc1ccc([C@H]2OC[C@@H](C[NH+]3CCCCC3)O2)cc1. The zero-order chi connectivity index (χ0) is 13.8. The summed E-state index contributed by atoms with van der Waals surface area (Å²) < 4.78 is 17.0. The van der Waals surface area contributed by atoms with Gasteiger partial charge in [-0.25, -0.2) is 0 Å². The van der Waals surface area contributed by atoms with Crippen LogP contribution in [0.2, 0.25) is 0 Å². The fourth-order valence-corrected chi connectivity index (χ4v) is 3.07. The monoisotopic (exact) mass is 278 g/mol. The summed E-state index contributed by atoms with van der Waals surface area (Å²) in [5, 5.41) is 0. The van der Waals surface area contributed by atoms with E-state index in [2.05, 4.69) is 0 Å². The van der Waals surface area contributed by atoms with Gasteiger partial charge in [0.15, 0.2) is 6.29 Å². The predicted molar refractivity (Wildman–Crippen MR) is 76.0 cm³/mol. The van der Waals surface area contributed by atoms with E-state index in [1.54, 1.807) is 12.0 Å². The van der Waals surface area contributed by atoms with Crippen LogP contribution in [0.3, 0.4) is 0 Å². The van der Waals surface area contributed by atoms with Gasteiger partial charge in [0.1, 0.15) is 18.4 Å². The highest BCUT2D eigenvalue weighted by molar-refractivity contribution is 5.28. The normalized spacial score (nSPS) is 27.6. The fraction of sp³-hybridized carbons (Fsp3) is 0.625. The summed E-state index contributed by atoms with van der Waals surface area (Å²) in [6.45, 7) is 4.35. The molecule has 0 saturated carbocycles. The van der Waals surface area contributed by atoms with Crippen molar-refractivity contribution < 1.29 is 19.1 Å². The number of rotatable bonds is 4. The van der Waals surface area contributed by atoms with Crippen molar-refractivity contribution in [3.8, 4) is 5.75 Å². The number of hydrogen-bond donors (Lipinski definition) is 1. The summed E-state index contributed by atoms with van der Waals surface area (Å²) in [7, 11) is 1.68. The zero-order valence-corrected chi connectivity index (χ0v) is 12.1. The van der Waals surface area contributed by atoms with Crippen LogP contribution in [0.5, 0.6) is 5.75 Å². The first kappa shape index (κ1) is 13.9. The van der Waals surface area contributed by atoms with E-state index in [0.717, 1.165) is 17.9 Å². The summed E-state index contributed by atoms with van der Waals surface area (Å²) in [6, 6.07) is 7.93. The van der Waals surface area contributed by atoms with Gasteiger partial charge in [0.2, 0.25) is 0 Å². The van der Waals surface area contributed by atoms with Crippen molar-refractivity contribution in [2.24, 2.45) is 0 Å². The molecule has 1 N–H and O–H groups in total. The fourth-order valence-electron chi connectivity index (χ4n) is 3.07. The van der Waals surface area contributed by atoms with E-state index in [0.29, 0.717) is 6.61 Å². The number of likely N-dealkylation sites (tertiary alicyclic amines) is 1. The smallest absolute Gasteiger partial charge is 0.184 e. The summed E-state index contributed by atoms with van der Waals surface area (Å²) >= 11 is 0. The van der Waals surface area contributed by atoms with Gasteiger partial charge in [0, 0.05) is 5.56 Å². The first-order chi connectivity index (χ1) is 9.85. The lowest BCUT2D eigenvalue weighted by molar-refractivity contribution is -0.907. The van der Waals surface area contributed by atoms with E-state index in [4.69, 9.17) is 14.2 Å². The van der Waals surface area contributed by atoms with Crippen LogP contribution in [0.1, 0.15) is 31.1 Å². The van der Waals surface area contributed by atoms with Gasteiger partial charge in [0.25, 0.3) is 0 Å². The molecule has 0 amide bonds. The second-order valence-electron chi connectivity index (χ2n) is 5.71. The lowest BCUT2D eigenvalue weighted by Crippen LogP contribution is -3.13. The number of piperidine rings is 1. The van der Waals surface area contributed by atoms with Crippen LogP contribution in [0.25, 0.3) is 0 Å².